The first kappa shape index (κ1) is 14.5. The lowest BCUT2D eigenvalue weighted by atomic mass is 9.93. The first-order chi connectivity index (χ1) is 8.39. The quantitative estimate of drug-likeness (QED) is 0.841. The Morgan fingerprint density at radius 2 is 1.83 bits per heavy atom. The number of urea groups is 1. The van der Waals surface area contributed by atoms with Crippen molar-refractivity contribution < 1.29 is 4.79 Å². The van der Waals surface area contributed by atoms with Crippen molar-refractivity contribution in [2.75, 3.05) is 32.5 Å². The van der Waals surface area contributed by atoms with Gasteiger partial charge in [-0.05, 0) is 31.6 Å². The lowest BCUT2D eigenvalue weighted by Crippen LogP contribution is -2.41. The van der Waals surface area contributed by atoms with Crippen molar-refractivity contribution in [1.29, 1.82) is 0 Å². The van der Waals surface area contributed by atoms with Crippen molar-refractivity contribution in [3.63, 3.8) is 0 Å². The number of anilines is 1. The Morgan fingerprint density at radius 1 is 1.22 bits per heavy atom. The topological polar surface area (TPSA) is 44.4 Å². The second kappa shape index (κ2) is 6.40. The summed E-state index contributed by atoms with van der Waals surface area (Å²) in [5.74, 6) is 0. The van der Waals surface area contributed by atoms with Gasteiger partial charge >= 0.3 is 6.03 Å². The van der Waals surface area contributed by atoms with Crippen LogP contribution in [0, 0.1) is 5.41 Å². The number of rotatable bonds is 5. The van der Waals surface area contributed by atoms with E-state index < -0.39 is 0 Å². The summed E-state index contributed by atoms with van der Waals surface area (Å²) >= 11 is 0. The van der Waals surface area contributed by atoms with Gasteiger partial charge in [-0.3, -0.25) is 0 Å². The second-order valence-electron chi connectivity index (χ2n) is 5.58. The van der Waals surface area contributed by atoms with E-state index in [1.54, 1.807) is 0 Å². The molecule has 0 fully saturated rings. The predicted octanol–water partition coefficient (Wildman–Crippen LogP) is 2.40. The Balaban J connectivity index is 2.37. The molecule has 0 saturated carbocycles. The number of amides is 2. The third-order valence-electron chi connectivity index (χ3n) is 2.50. The fourth-order valence-corrected chi connectivity index (χ4v) is 1.93. The molecule has 0 saturated heterocycles. The highest BCUT2D eigenvalue weighted by Crippen LogP contribution is 2.14. The minimum absolute atomic E-state index is 0.0531. The number of nitrogens with zero attached hydrogens (tertiary/aromatic N) is 1. The van der Waals surface area contributed by atoms with E-state index >= 15 is 0 Å². The molecule has 0 heterocycles. The van der Waals surface area contributed by atoms with E-state index in [1.807, 2.05) is 44.4 Å². The van der Waals surface area contributed by atoms with Crippen LogP contribution in [-0.2, 0) is 0 Å². The smallest absolute Gasteiger partial charge is 0.319 e. The van der Waals surface area contributed by atoms with Crippen molar-refractivity contribution in [3.05, 3.63) is 30.3 Å². The molecule has 1 aromatic rings. The zero-order chi connectivity index (χ0) is 13.6. The molecule has 1 aromatic carbocycles. The van der Waals surface area contributed by atoms with E-state index in [1.165, 1.54) is 0 Å². The Labute approximate surface area is 109 Å². The average Bonchev–Trinajstić information content (AvgIpc) is 2.26. The summed E-state index contributed by atoms with van der Waals surface area (Å²) in [6, 6.07) is 9.28. The standard InChI is InChI=1S/C14H23N3O/c1-14(2,11-17(3)4)10-15-13(18)16-12-8-6-5-7-9-12/h5-9H,10-11H2,1-4H3,(H2,15,16,18). The third kappa shape index (κ3) is 5.68. The molecule has 4 heteroatoms. The molecule has 2 amide bonds. The minimum Gasteiger partial charge on any atom is -0.337 e. The number of nitrogens with one attached hydrogen (secondary N) is 2. The molecule has 0 aliphatic rings. The molecule has 0 unspecified atom stereocenters. The SMILES string of the molecule is CN(C)CC(C)(C)CNC(=O)Nc1ccccc1. The maximum absolute atomic E-state index is 11.7. The minimum atomic E-state index is -0.159. The molecular weight excluding hydrogens is 226 g/mol. The average molecular weight is 249 g/mol. The number of para-hydroxylation sites is 1. The van der Waals surface area contributed by atoms with Gasteiger partial charge in [-0.25, -0.2) is 4.79 Å². The third-order valence-corrected chi connectivity index (χ3v) is 2.50. The first-order valence-corrected chi connectivity index (χ1v) is 6.14. The zero-order valence-electron chi connectivity index (χ0n) is 11.7. The summed E-state index contributed by atoms with van der Waals surface area (Å²) in [7, 11) is 4.07. The van der Waals surface area contributed by atoms with Gasteiger partial charge in [-0.15, -0.1) is 0 Å². The lowest BCUT2D eigenvalue weighted by Gasteiger charge is -2.28. The van der Waals surface area contributed by atoms with Gasteiger partial charge in [-0.2, -0.15) is 0 Å². The Kier molecular flexibility index (Phi) is 5.16. The summed E-state index contributed by atoms with van der Waals surface area (Å²) in [6.07, 6.45) is 0. The van der Waals surface area contributed by atoms with Crippen molar-refractivity contribution >= 4 is 11.7 Å². The van der Waals surface area contributed by atoms with Crippen LogP contribution in [0.5, 0.6) is 0 Å². The molecule has 0 radical (unpaired) electrons. The largest absolute Gasteiger partial charge is 0.337 e. The fraction of sp³-hybridized carbons (Fsp3) is 0.500. The molecule has 1 rings (SSSR count). The number of carbonyl (C=O) groups is 1. The van der Waals surface area contributed by atoms with Gasteiger partial charge in [0, 0.05) is 18.8 Å². The van der Waals surface area contributed by atoms with Gasteiger partial charge in [0.15, 0.2) is 0 Å². The van der Waals surface area contributed by atoms with Gasteiger partial charge in [-0.1, -0.05) is 32.0 Å². The Morgan fingerprint density at radius 3 is 2.39 bits per heavy atom. The van der Waals surface area contributed by atoms with Gasteiger partial charge < -0.3 is 15.5 Å². The molecule has 0 bridgehead atoms. The van der Waals surface area contributed by atoms with Gasteiger partial charge in [0.05, 0.1) is 0 Å². The summed E-state index contributed by atoms with van der Waals surface area (Å²) in [5, 5.41) is 5.70. The maximum Gasteiger partial charge on any atom is 0.319 e. The molecule has 0 aliphatic heterocycles. The normalized spacial score (nSPS) is 11.4. The monoisotopic (exact) mass is 249 g/mol. The predicted molar refractivity (Wildman–Crippen MR) is 75.8 cm³/mol. The van der Waals surface area contributed by atoms with Crippen LogP contribution in [0.15, 0.2) is 30.3 Å². The number of carbonyl (C=O) groups excluding carboxylic acids is 1. The summed E-state index contributed by atoms with van der Waals surface area (Å²) in [6.45, 7) is 5.84. The van der Waals surface area contributed by atoms with E-state index in [4.69, 9.17) is 0 Å². The highest BCUT2D eigenvalue weighted by Gasteiger charge is 2.19. The molecule has 100 valence electrons. The van der Waals surface area contributed by atoms with Crippen molar-refractivity contribution in [3.8, 4) is 0 Å². The summed E-state index contributed by atoms with van der Waals surface area (Å²) in [4.78, 5) is 13.8. The molecular formula is C14H23N3O. The number of hydrogen-bond acceptors (Lipinski definition) is 2. The van der Waals surface area contributed by atoms with Crippen LogP contribution in [0.3, 0.4) is 0 Å². The van der Waals surface area contributed by atoms with Crippen LogP contribution in [0.25, 0.3) is 0 Å². The highest BCUT2D eigenvalue weighted by molar-refractivity contribution is 5.89. The summed E-state index contributed by atoms with van der Waals surface area (Å²) in [5.41, 5.74) is 0.859. The lowest BCUT2D eigenvalue weighted by molar-refractivity contribution is 0.222. The van der Waals surface area contributed by atoms with Gasteiger partial charge in [0.2, 0.25) is 0 Å². The summed E-state index contributed by atoms with van der Waals surface area (Å²) < 4.78 is 0. The zero-order valence-corrected chi connectivity index (χ0v) is 11.7. The molecule has 0 aromatic heterocycles. The van der Waals surface area contributed by atoms with E-state index in [0.29, 0.717) is 6.54 Å². The second-order valence-corrected chi connectivity index (χ2v) is 5.58. The molecule has 2 N–H and O–H groups in total. The first-order valence-electron chi connectivity index (χ1n) is 6.14. The molecule has 0 spiro atoms. The van der Waals surface area contributed by atoms with E-state index in [-0.39, 0.29) is 11.4 Å². The van der Waals surface area contributed by atoms with Gasteiger partial charge in [0.1, 0.15) is 0 Å². The van der Waals surface area contributed by atoms with Crippen molar-refractivity contribution in [2.45, 2.75) is 13.8 Å². The van der Waals surface area contributed by atoms with Crippen LogP contribution in [-0.4, -0.2) is 38.1 Å². The molecule has 0 aliphatic carbocycles. The Hall–Kier alpha value is -1.55. The molecule has 18 heavy (non-hydrogen) atoms. The van der Waals surface area contributed by atoms with Crippen LogP contribution in [0.2, 0.25) is 0 Å². The van der Waals surface area contributed by atoms with Crippen LogP contribution >= 0.6 is 0 Å². The fourth-order valence-electron chi connectivity index (χ4n) is 1.93. The van der Waals surface area contributed by atoms with E-state index in [2.05, 4.69) is 29.4 Å². The number of benzene rings is 1. The van der Waals surface area contributed by atoms with Crippen molar-refractivity contribution in [2.24, 2.45) is 5.41 Å². The van der Waals surface area contributed by atoms with E-state index in [9.17, 15) is 4.79 Å². The van der Waals surface area contributed by atoms with Crippen LogP contribution < -0.4 is 10.6 Å². The number of hydrogen-bond donors (Lipinski definition) is 2. The van der Waals surface area contributed by atoms with Crippen molar-refractivity contribution in [1.82, 2.24) is 10.2 Å². The molecule has 0 atom stereocenters. The maximum atomic E-state index is 11.7. The van der Waals surface area contributed by atoms with Crippen LogP contribution in [0.1, 0.15) is 13.8 Å². The van der Waals surface area contributed by atoms with Gasteiger partial charge in [0.25, 0.3) is 0 Å². The highest BCUT2D eigenvalue weighted by atomic mass is 16.2. The van der Waals surface area contributed by atoms with E-state index in [0.717, 1.165) is 12.2 Å². The molecule has 4 nitrogen and oxygen atoms in total. The Bertz CT molecular complexity index is 374. The van der Waals surface area contributed by atoms with Crippen LogP contribution in [0.4, 0.5) is 10.5 Å².